The minimum absolute atomic E-state index is 0.0487. The van der Waals surface area contributed by atoms with Gasteiger partial charge in [0.15, 0.2) is 0 Å². The number of hydrogen-bond acceptors (Lipinski definition) is 4. The summed E-state index contributed by atoms with van der Waals surface area (Å²) in [5.74, 6) is 0.230. The first-order valence-electron chi connectivity index (χ1n) is 12.5. The van der Waals surface area contributed by atoms with Gasteiger partial charge in [-0.25, -0.2) is 0 Å². The summed E-state index contributed by atoms with van der Waals surface area (Å²) >= 11 is 0. The predicted molar refractivity (Wildman–Crippen MR) is 135 cm³/mol. The van der Waals surface area contributed by atoms with Gasteiger partial charge in [0.25, 0.3) is 0 Å². The molecule has 2 bridgehead atoms. The van der Waals surface area contributed by atoms with Crippen molar-refractivity contribution >= 4 is 17.5 Å². The summed E-state index contributed by atoms with van der Waals surface area (Å²) in [4.78, 5) is 37.1. The van der Waals surface area contributed by atoms with E-state index < -0.39 is 0 Å². The molecule has 2 aliphatic heterocycles. The highest BCUT2D eigenvalue weighted by Crippen LogP contribution is 2.33. The van der Waals surface area contributed by atoms with Gasteiger partial charge >= 0.3 is 0 Å². The zero-order valence-corrected chi connectivity index (χ0v) is 21.0. The molecule has 2 aromatic rings. The Labute approximate surface area is 204 Å². The van der Waals surface area contributed by atoms with E-state index in [4.69, 9.17) is 0 Å². The second-order valence-corrected chi connectivity index (χ2v) is 11.0. The Morgan fingerprint density at radius 2 is 1.79 bits per heavy atom. The third kappa shape index (κ3) is 5.84. The fourth-order valence-electron chi connectivity index (χ4n) is 5.40. The van der Waals surface area contributed by atoms with Crippen LogP contribution in [0.25, 0.3) is 0 Å². The number of aromatic nitrogens is 1. The van der Waals surface area contributed by atoms with Gasteiger partial charge in [-0.15, -0.1) is 0 Å². The Morgan fingerprint density at radius 1 is 1.03 bits per heavy atom. The van der Waals surface area contributed by atoms with Crippen molar-refractivity contribution in [2.75, 3.05) is 18.0 Å². The molecule has 0 saturated carbocycles. The van der Waals surface area contributed by atoms with Gasteiger partial charge in [-0.3, -0.25) is 19.5 Å². The first-order valence-corrected chi connectivity index (χ1v) is 12.5. The van der Waals surface area contributed by atoms with E-state index in [0.717, 1.165) is 37.1 Å². The number of nitrogens with zero attached hydrogens (tertiary/aromatic N) is 4. The van der Waals surface area contributed by atoms with E-state index in [0.29, 0.717) is 38.1 Å². The monoisotopic (exact) mass is 462 g/mol. The predicted octanol–water partition coefficient (Wildman–Crippen LogP) is 4.64. The zero-order chi connectivity index (χ0) is 24.3. The molecule has 1 aromatic heterocycles. The van der Waals surface area contributed by atoms with Crippen molar-refractivity contribution in [3.05, 3.63) is 59.9 Å². The number of benzene rings is 1. The molecule has 4 rings (SSSR count). The molecule has 1 aromatic carbocycles. The van der Waals surface area contributed by atoms with Gasteiger partial charge in [0.2, 0.25) is 11.8 Å². The molecule has 2 amide bonds. The summed E-state index contributed by atoms with van der Waals surface area (Å²) in [6, 6.07) is 12.8. The number of carbonyl (C=O) groups excluding carboxylic acids is 2. The van der Waals surface area contributed by atoms with Crippen LogP contribution in [-0.4, -0.2) is 51.8 Å². The smallest absolute Gasteiger partial charge is 0.223 e. The molecule has 2 aliphatic rings. The lowest BCUT2D eigenvalue weighted by atomic mass is 9.91. The summed E-state index contributed by atoms with van der Waals surface area (Å²) in [6.45, 7) is 10.7. The number of pyridine rings is 1. The van der Waals surface area contributed by atoms with Gasteiger partial charge in [-0.1, -0.05) is 45.0 Å². The van der Waals surface area contributed by atoms with Crippen LogP contribution >= 0.6 is 0 Å². The van der Waals surface area contributed by atoms with Crippen molar-refractivity contribution in [2.45, 2.75) is 78.6 Å². The minimum atomic E-state index is -0.0815. The number of fused-ring (bicyclic) bond motifs is 3. The van der Waals surface area contributed by atoms with Crippen molar-refractivity contribution in [2.24, 2.45) is 5.41 Å². The summed E-state index contributed by atoms with van der Waals surface area (Å²) in [7, 11) is 0. The number of amides is 2. The van der Waals surface area contributed by atoms with Gasteiger partial charge in [0, 0.05) is 69.7 Å². The standard InChI is InChI=1S/C28H38N4O2/c1-21(33)31-15-13-24-11-12-25(32(24)18-22-8-7-14-29-17-22)20-30(27(34)16-28(2,3)4)19-23-9-5-6-10-26(23)31/h5-10,14,17,24-25H,11-13,15-16,18-20H2,1-4H3. The summed E-state index contributed by atoms with van der Waals surface area (Å²) in [5, 5.41) is 0. The molecule has 6 heteroatoms. The molecule has 1 saturated heterocycles. The second-order valence-electron chi connectivity index (χ2n) is 11.0. The van der Waals surface area contributed by atoms with E-state index in [1.165, 1.54) is 5.56 Å². The number of carbonyl (C=O) groups is 2. The molecule has 0 spiro atoms. The molecule has 0 N–H and O–H groups in total. The first-order chi connectivity index (χ1) is 16.2. The average molecular weight is 463 g/mol. The first kappa shape index (κ1) is 24.4. The van der Waals surface area contributed by atoms with Crippen LogP contribution in [0, 0.1) is 5.41 Å². The molecule has 182 valence electrons. The fourth-order valence-corrected chi connectivity index (χ4v) is 5.40. The lowest BCUT2D eigenvalue weighted by Gasteiger charge is -2.34. The van der Waals surface area contributed by atoms with Crippen LogP contribution in [0.1, 0.15) is 64.5 Å². The molecule has 0 aliphatic carbocycles. The van der Waals surface area contributed by atoms with Crippen LogP contribution in [0.15, 0.2) is 48.8 Å². The molecule has 1 fully saturated rings. The molecule has 34 heavy (non-hydrogen) atoms. The molecule has 2 atom stereocenters. The summed E-state index contributed by atoms with van der Waals surface area (Å²) in [5.41, 5.74) is 3.08. The lowest BCUT2D eigenvalue weighted by Crippen LogP contribution is -2.45. The highest BCUT2D eigenvalue weighted by Gasteiger charge is 2.37. The molecule has 6 nitrogen and oxygen atoms in total. The van der Waals surface area contributed by atoms with Crippen LogP contribution in [-0.2, 0) is 22.7 Å². The molecular formula is C28H38N4O2. The Bertz CT molecular complexity index is 1000. The van der Waals surface area contributed by atoms with E-state index in [-0.39, 0.29) is 17.2 Å². The Kier molecular flexibility index (Phi) is 7.36. The van der Waals surface area contributed by atoms with E-state index in [2.05, 4.69) is 42.8 Å². The third-order valence-electron chi connectivity index (χ3n) is 7.03. The number of hydrogen-bond donors (Lipinski definition) is 0. The molecular weight excluding hydrogens is 424 g/mol. The minimum Gasteiger partial charge on any atom is -0.337 e. The van der Waals surface area contributed by atoms with Crippen LogP contribution in [0.2, 0.25) is 0 Å². The highest BCUT2D eigenvalue weighted by atomic mass is 16.2. The van der Waals surface area contributed by atoms with E-state index in [1.807, 2.05) is 40.3 Å². The lowest BCUT2D eigenvalue weighted by molar-refractivity contribution is -0.134. The van der Waals surface area contributed by atoms with Crippen molar-refractivity contribution < 1.29 is 9.59 Å². The van der Waals surface area contributed by atoms with Gasteiger partial charge < -0.3 is 9.80 Å². The fraction of sp³-hybridized carbons (Fsp3) is 0.536. The SMILES string of the molecule is CC(=O)N1CCC2CCC(CN(C(=O)CC(C)(C)C)Cc3ccccc31)N2Cc1cccnc1. The normalized spacial score (nSPS) is 21.6. The van der Waals surface area contributed by atoms with Gasteiger partial charge in [0.1, 0.15) is 0 Å². The maximum atomic E-state index is 13.5. The van der Waals surface area contributed by atoms with E-state index >= 15 is 0 Å². The highest BCUT2D eigenvalue weighted by molar-refractivity contribution is 5.92. The van der Waals surface area contributed by atoms with E-state index in [1.54, 1.807) is 13.1 Å². The average Bonchev–Trinajstić information content (AvgIpc) is 3.13. The second kappa shape index (κ2) is 10.3. The van der Waals surface area contributed by atoms with Crippen LogP contribution in [0.4, 0.5) is 5.69 Å². The van der Waals surface area contributed by atoms with Gasteiger partial charge in [-0.2, -0.15) is 0 Å². The van der Waals surface area contributed by atoms with Crippen LogP contribution < -0.4 is 4.90 Å². The van der Waals surface area contributed by atoms with Crippen LogP contribution in [0.3, 0.4) is 0 Å². The molecule has 2 unspecified atom stereocenters. The van der Waals surface area contributed by atoms with Crippen molar-refractivity contribution in [3.8, 4) is 0 Å². The van der Waals surface area contributed by atoms with Crippen LogP contribution in [0.5, 0.6) is 0 Å². The Balaban J connectivity index is 1.70. The van der Waals surface area contributed by atoms with Gasteiger partial charge in [-0.05, 0) is 47.9 Å². The quantitative estimate of drug-likeness (QED) is 0.667. The topological polar surface area (TPSA) is 56.8 Å². The number of anilines is 1. The zero-order valence-electron chi connectivity index (χ0n) is 21.0. The van der Waals surface area contributed by atoms with Crippen molar-refractivity contribution in [1.82, 2.24) is 14.8 Å². The maximum Gasteiger partial charge on any atom is 0.223 e. The largest absolute Gasteiger partial charge is 0.337 e. The molecule has 3 heterocycles. The summed E-state index contributed by atoms with van der Waals surface area (Å²) in [6.07, 6.45) is 7.31. The maximum absolute atomic E-state index is 13.5. The summed E-state index contributed by atoms with van der Waals surface area (Å²) < 4.78 is 0. The van der Waals surface area contributed by atoms with E-state index in [9.17, 15) is 9.59 Å². The van der Waals surface area contributed by atoms with Gasteiger partial charge in [0.05, 0.1) is 0 Å². The van der Waals surface area contributed by atoms with Crippen molar-refractivity contribution in [3.63, 3.8) is 0 Å². The Hall–Kier alpha value is -2.73. The molecule has 0 radical (unpaired) electrons. The third-order valence-corrected chi connectivity index (χ3v) is 7.03. The van der Waals surface area contributed by atoms with Crippen molar-refractivity contribution in [1.29, 1.82) is 0 Å². The number of rotatable bonds is 3. The Morgan fingerprint density at radius 3 is 2.50 bits per heavy atom. The number of para-hydroxylation sites is 1.